The second-order valence-corrected chi connectivity index (χ2v) is 10.8. The minimum absolute atomic E-state index is 0.0296. The molecule has 0 spiro atoms. The Hall–Kier alpha value is -2.27. The SMILES string of the molecule is CCOC(=O)N1CCN(C(=O)c2cccc(NC3=N[C@@H]4CS(=O)(=O)C[C@H]4S3)c2)CC1. The number of anilines is 1. The minimum Gasteiger partial charge on any atom is -0.450 e. The number of nitrogens with one attached hydrogen (secondary N) is 1. The Kier molecular flexibility index (Phi) is 5.92. The molecule has 2 amide bonds. The highest BCUT2D eigenvalue weighted by molar-refractivity contribution is 8.15. The zero-order chi connectivity index (χ0) is 21.3. The van der Waals surface area contributed by atoms with Crippen molar-refractivity contribution in [2.24, 2.45) is 4.99 Å². The van der Waals surface area contributed by atoms with Gasteiger partial charge in [0.25, 0.3) is 5.91 Å². The Morgan fingerprint density at radius 1 is 1.20 bits per heavy atom. The topological polar surface area (TPSA) is 108 Å². The lowest BCUT2D eigenvalue weighted by molar-refractivity contribution is 0.0570. The molecule has 4 rings (SSSR count). The second kappa shape index (κ2) is 8.46. The number of thioether (sulfide) groups is 1. The van der Waals surface area contributed by atoms with Crippen molar-refractivity contribution in [1.82, 2.24) is 9.80 Å². The predicted octanol–water partition coefficient (Wildman–Crippen LogP) is 1.28. The molecule has 2 fully saturated rings. The number of carbonyl (C=O) groups excluding carboxylic acids is 2. The van der Waals surface area contributed by atoms with Gasteiger partial charge in [0.2, 0.25) is 0 Å². The van der Waals surface area contributed by atoms with E-state index in [0.717, 1.165) is 5.69 Å². The van der Waals surface area contributed by atoms with Crippen LogP contribution < -0.4 is 5.32 Å². The summed E-state index contributed by atoms with van der Waals surface area (Å²) in [5, 5.41) is 3.87. The van der Waals surface area contributed by atoms with Gasteiger partial charge in [-0.25, -0.2) is 13.2 Å². The third kappa shape index (κ3) is 4.56. The standard InChI is InChI=1S/C19H24N4O5S2/c1-2-28-19(25)23-8-6-22(7-9-23)17(24)13-4-3-5-14(10-13)20-18-21-15-11-30(26,27)12-16(15)29-18/h3-5,10,15-16H,2,6-9,11-12H2,1H3,(H,20,21)/t15-,16-/m1/s1. The molecule has 2 saturated heterocycles. The molecule has 2 atom stereocenters. The van der Waals surface area contributed by atoms with E-state index in [1.807, 2.05) is 6.07 Å². The molecular weight excluding hydrogens is 428 g/mol. The van der Waals surface area contributed by atoms with Gasteiger partial charge in [0, 0.05) is 42.7 Å². The molecule has 1 aromatic carbocycles. The van der Waals surface area contributed by atoms with Crippen LogP contribution in [0, 0.1) is 0 Å². The number of amides is 2. The van der Waals surface area contributed by atoms with E-state index >= 15 is 0 Å². The molecule has 0 aliphatic carbocycles. The lowest BCUT2D eigenvalue weighted by atomic mass is 10.1. The Labute approximate surface area is 179 Å². The van der Waals surface area contributed by atoms with Crippen LogP contribution in [0.25, 0.3) is 0 Å². The first kappa shape index (κ1) is 21.0. The molecule has 3 aliphatic rings. The number of hydrogen-bond donors (Lipinski definition) is 1. The van der Waals surface area contributed by atoms with Crippen LogP contribution in [0.1, 0.15) is 17.3 Å². The van der Waals surface area contributed by atoms with Crippen molar-refractivity contribution >= 4 is 44.5 Å². The Morgan fingerprint density at radius 2 is 1.93 bits per heavy atom. The van der Waals surface area contributed by atoms with Crippen molar-refractivity contribution in [3.05, 3.63) is 29.8 Å². The average molecular weight is 453 g/mol. The van der Waals surface area contributed by atoms with Crippen molar-refractivity contribution in [3.8, 4) is 0 Å². The van der Waals surface area contributed by atoms with Crippen molar-refractivity contribution in [1.29, 1.82) is 0 Å². The summed E-state index contributed by atoms with van der Waals surface area (Å²) in [5.41, 5.74) is 1.29. The number of rotatable bonds is 3. The highest BCUT2D eigenvalue weighted by Gasteiger charge is 2.42. The normalized spacial score (nSPS) is 24.9. The second-order valence-electron chi connectivity index (χ2n) is 7.42. The molecule has 30 heavy (non-hydrogen) atoms. The fourth-order valence-corrected chi connectivity index (χ4v) is 7.43. The molecule has 1 aromatic rings. The lowest BCUT2D eigenvalue weighted by Crippen LogP contribution is -2.50. The summed E-state index contributed by atoms with van der Waals surface area (Å²) in [6.45, 7) is 3.90. The van der Waals surface area contributed by atoms with Gasteiger partial charge in [0.05, 0.1) is 24.2 Å². The van der Waals surface area contributed by atoms with Crippen LogP contribution in [0.4, 0.5) is 10.5 Å². The van der Waals surface area contributed by atoms with E-state index in [0.29, 0.717) is 43.5 Å². The van der Waals surface area contributed by atoms with Gasteiger partial charge in [0.1, 0.15) is 0 Å². The Bertz CT molecular complexity index is 973. The zero-order valence-electron chi connectivity index (χ0n) is 16.6. The van der Waals surface area contributed by atoms with Crippen LogP contribution in [0.15, 0.2) is 29.3 Å². The average Bonchev–Trinajstić information content (AvgIpc) is 3.20. The number of sulfone groups is 1. The quantitative estimate of drug-likeness (QED) is 0.736. The van der Waals surface area contributed by atoms with E-state index in [9.17, 15) is 18.0 Å². The van der Waals surface area contributed by atoms with Crippen molar-refractivity contribution < 1.29 is 22.7 Å². The monoisotopic (exact) mass is 452 g/mol. The van der Waals surface area contributed by atoms with Gasteiger partial charge < -0.3 is 19.9 Å². The first-order valence-corrected chi connectivity index (χ1v) is 12.6. The molecule has 1 N–H and O–H groups in total. The maximum atomic E-state index is 12.9. The molecule has 0 saturated carbocycles. The van der Waals surface area contributed by atoms with Gasteiger partial charge >= 0.3 is 6.09 Å². The highest BCUT2D eigenvalue weighted by Crippen LogP contribution is 2.34. The summed E-state index contributed by atoms with van der Waals surface area (Å²) in [4.78, 5) is 32.5. The number of piperazine rings is 1. The number of nitrogens with zero attached hydrogens (tertiary/aromatic N) is 3. The molecule has 162 valence electrons. The minimum atomic E-state index is -2.98. The van der Waals surface area contributed by atoms with E-state index in [4.69, 9.17) is 4.74 Å². The van der Waals surface area contributed by atoms with Gasteiger partial charge in [-0.3, -0.25) is 9.79 Å². The van der Waals surface area contributed by atoms with Gasteiger partial charge in [-0.1, -0.05) is 17.8 Å². The molecule has 0 radical (unpaired) electrons. The third-order valence-corrected chi connectivity index (χ3v) is 8.41. The number of ether oxygens (including phenoxy) is 1. The summed E-state index contributed by atoms with van der Waals surface area (Å²) in [6.07, 6.45) is -0.344. The summed E-state index contributed by atoms with van der Waals surface area (Å²) in [7, 11) is -2.98. The molecular formula is C19H24N4O5S2. The van der Waals surface area contributed by atoms with Gasteiger partial charge in [-0.2, -0.15) is 0 Å². The fourth-order valence-electron chi connectivity index (χ4n) is 3.76. The first-order chi connectivity index (χ1) is 14.3. The van der Waals surface area contributed by atoms with E-state index in [1.165, 1.54) is 11.8 Å². The molecule has 3 heterocycles. The van der Waals surface area contributed by atoms with E-state index < -0.39 is 9.84 Å². The molecule has 11 heteroatoms. The number of carbonyl (C=O) groups is 2. The van der Waals surface area contributed by atoms with Crippen molar-refractivity contribution in [2.75, 3.05) is 49.6 Å². The van der Waals surface area contributed by atoms with Gasteiger partial charge in [-0.05, 0) is 25.1 Å². The summed E-state index contributed by atoms with van der Waals surface area (Å²) in [6, 6.07) is 6.99. The maximum Gasteiger partial charge on any atom is 0.409 e. The number of amidine groups is 1. The number of benzene rings is 1. The van der Waals surface area contributed by atoms with Crippen molar-refractivity contribution in [3.63, 3.8) is 0 Å². The van der Waals surface area contributed by atoms with Crippen LogP contribution in [0.5, 0.6) is 0 Å². The molecule has 0 aromatic heterocycles. The van der Waals surface area contributed by atoms with Gasteiger partial charge in [-0.15, -0.1) is 0 Å². The van der Waals surface area contributed by atoms with E-state index in [2.05, 4.69) is 10.3 Å². The predicted molar refractivity (Wildman–Crippen MR) is 116 cm³/mol. The number of fused-ring (bicyclic) bond motifs is 1. The van der Waals surface area contributed by atoms with Crippen LogP contribution in [-0.4, -0.2) is 91.0 Å². The first-order valence-electron chi connectivity index (χ1n) is 9.87. The highest BCUT2D eigenvalue weighted by atomic mass is 32.2. The summed E-state index contributed by atoms with van der Waals surface area (Å²) < 4.78 is 28.4. The Balaban J connectivity index is 1.36. The lowest BCUT2D eigenvalue weighted by Gasteiger charge is -2.34. The van der Waals surface area contributed by atoms with E-state index in [-0.39, 0.29) is 34.8 Å². The molecule has 0 unspecified atom stereocenters. The van der Waals surface area contributed by atoms with Gasteiger partial charge in [0.15, 0.2) is 15.0 Å². The molecule has 0 bridgehead atoms. The molecule has 3 aliphatic heterocycles. The largest absolute Gasteiger partial charge is 0.450 e. The number of hydrogen-bond acceptors (Lipinski definition) is 8. The van der Waals surface area contributed by atoms with Crippen LogP contribution in [0.3, 0.4) is 0 Å². The van der Waals surface area contributed by atoms with Crippen LogP contribution >= 0.6 is 11.8 Å². The van der Waals surface area contributed by atoms with Crippen molar-refractivity contribution in [2.45, 2.75) is 18.2 Å². The summed E-state index contributed by atoms with van der Waals surface area (Å²) in [5.74, 6) is 0.172. The maximum absolute atomic E-state index is 12.9. The number of aliphatic imine (C=N–C) groups is 1. The van der Waals surface area contributed by atoms with Crippen LogP contribution in [0.2, 0.25) is 0 Å². The molecule has 9 nitrogen and oxygen atoms in total. The smallest absolute Gasteiger partial charge is 0.409 e. The Morgan fingerprint density at radius 3 is 2.63 bits per heavy atom. The van der Waals surface area contributed by atoms with Crippen LogP contribution in [-0.2, 0) is 14.6 Å². The summed E-state index contributed by atoms with van der Waals surface area (Å²) >= 11 is 1.44. The zero-order valence-corrected chi connectivity index (χ0v) is 18.2. The fraction of sp³-hybridized carbons (Fsp3) is 0.526. The third-order valence-electron chi connectivity index (χ3n) is 5.27. The van der Waals surface area contributed by atoms with E-state index in [1.54, 1.807) is 34.9 Å².